The Morgan fingerprint density at radius 1 is 1.07 bits per heavy atom. The zero-order chi connectivity index (χ0) is 20.5. The van der Waals surface area contributed by atoms with Gasteiger partial charge in [0.25, 0.3) is 5.91 Å². The number of nitrogens with zero attached hydrogens (tertiary/aromatic N) is 1. The smallest absolute Gasteiger partial charge is 0.308 e. The summed E-state index contributed by atoms with van der Waals surface area (Å²) in [6.07, 6.45) is 2.02. The molecule has 1 aromatic heterocycles. The van der Waals surface area contributed by atoms with Gasteiger partial charge in [0.2, 0.25) is 0 Å². The van der Waals surface area contributed by atoms with Crippen LogP contribution in [-0.2, 0) is 22.6 Å². The van der Waals surface area contributed by atoms with E-state index >= 15 is 0 Å². The van der Waals surface area contributed by atoms with Crippen LogP contribution in [0.4, 0.5) is 0 Å². The summed E-state index contributed by atoms with van der Waals surface area (Å²) in [4.78, 5) is 29.5. The van der Waals surface area contributed by atoms with E-state index in [2.05, 4.69) is 17.2 Å². The summed E-state index contributed by atoms with van der Waals surface area (Å²) >= 11 is 1.58. The molecule has 0 aliphatic carbocycles. The molecule has 3 rings (SSSR count). The summed E-state index contributed by atoms with van der Waals surface area (Å²) in [5.41, 5.74) is 2.16. The number of carbonyl (C=O) groups excluding carboxylic acids is 2. The van der Waals surface area contributed by atoms with Gasteiger partial charge >= 0.3 is 5.97 Å². The van der Waals surface area contributed by atoms with Crippen molar-refractivity contribution in [2.45, 2.75) is 38.8 Å². The van der Waals surface area contributed by atoms with E-state index in [1.165, 1.54) is 0 Å². The maximum Gasteiger partial charge on any atom is 0.308 e. The van der Waals surface area contributed by atoms with Gasteiger partial charge in [0.05, 0.1) is 23.2 Å². The molecule has 0 aliphatic rings. The van der Waals surface area contributed by atoms with Gasteiger partial charge in [0.15, 0.2) is 0 Å². The van der Waals surface area contributed by atoms with Crippen molar-refractivity contribution < 1.29 is 14.3 Å². The van der Waals surface area contributed by atoms with E-state index in [4.69, 9.17) is 4.74 Å². The van der Waals surface area contributed by atoms with E-state index in [1.807, 2.05) is 41.8 Å². The summed E-state index contributed by atoms with van der Waals surface area (Å²) in [7, 11) is 0. The van der Waals surface area contributed by atoms with Crippen molar-refractivity contribution in [1.29, 1.82) is 0 Å². The quantitative estimate of drug-likeness (QED) is 0.521. The van der Waals surface area contributed by atoms with Crippen molar-refractivity contribution in [2.75, 3.05) is 0 Å². The minimum atomic E-state index is -0.470. The molecule has 1 atom stereocenters. The number of ether oxygens (including phenoxy) is 1. The predicted molar refractivity (Wildman–Crippen MR) is 114 cm³/mol. The number of amides is 1. The summed E-state index contributed by atoms with van der Waals surface area (Å²) in [5.74, 6) is -0.604. The Bertz CT molecular complexity index is 926. The SMILES string of the molecule is CCCc1nc(COC(=O)CC(NC(=O)c2ccccc2)c2ccccc2)cs1. The molecule has 0 aliphatic heterocycles. The molecule has 0 spiro atoms. The summed E-state index contributed by atoms with van der Waals surface area (Å²) < 4.78 is 5.41. The number of hydrogen-bond donors (Lipinski definition) is 1. The largest absolute Gasteiger partial charge is 0.459 e. The Morgan fingerprint density at radius 2 is 1.76 bits per heavy atom. The molecule has 5 nitrogen and oxygen atoms in total. The average molecular weight is 409 g/mol. The van der Waals surface area contributed by atoms with Crippen LogP contribution < -0.4 is 5.32 Å². The van der Waals surface area contributed by atoms with Gasteiger partial charge in [0.1, 0.15) is 6.61 Å². The third-order valence-electron chi connectivity index (χ3n) is 4.36. The summed E-state index contributed by atoms with van der Waals surface area (Å²) in [6, 6.07) is 17.9. The molecular weight excluding hydrogens is 384 g/mol. The number of benzene rings is 2. The van der Waals surface area contributed by atoms with Crippen LogP contribution in [0.3, 0.4) is 0 Å². The number of rotatable bonds is 9. The third-order valence-corrected chi connectivity index (χ3v) is 5.32. The molecule has 150 valence electrons. The van der Waals surface area contributed by atoms with Gasteiger partial charge in [-0.3, -0.25) is 9.59 Å². The second-order valence-corrected chi connectivity index (χ2v) is 7.59. The molecular formula is C23H24N2O3S. The van der Waals surface area contributed by atoms with Gasteiger partial charge in [-0.15, -0.1) is 11.3 Å². The van der Waals surface area contributed by atoms with Crippen LogP contribution in [0.5, 0.6) is 0 Å². The molecule has 29 heavy (non-hydrogen) atoms. The number of esters is 1. The van der Waals surface area contributed by atoms with Crippen molar-refractivity contribution in [2.24, 2.45) is 0 Å². The van der Waals surface area contributed by atoms with Crippen LogP contribution in [0.1, 0.15) is 52.4 Å². The van der Waals surface area contributed by atoms with Crippen LogP contribution in [0.15, 0.2) is 66.0 Å². The Kier molecular flexibility index (Phi) is 7.53. The van der Waals surface area contributed by atoms with Crippen LogP contribution in [0.25, 0.3) is 0 Å². The maximum absolute atomic E-state index is 12.6. The molecule has 1 unspecified atom stereocenters. The van der Waals surface area contributed by atoms with Crippen molar-refractivity contribution in [3.8, 4) is 0 Å². The van der Waals surface area contributed by atoms with Crippen molar-refractivity contribution in [1.82, 2.24) is 10.3 Å². The third kappa shape index (κ3) is 6.26. The lowest BCUT2D eigenvalue weighted by molar-refractivity contribution is -0.145. The Labute approximate surface area is 174 Å². The molecule has 6 heteroatoms. The van der Waals surface area contributed by atoms with Crippen LogP contribution in [0.2, 0.25) is 0 Å². The first-order chi connectivity index (χ1) is 14.2. The molecule has 0 bridgehead atoms. The molecule has 1 N–H and O–H groups in total. The Morgan fingerprint density at radius 3 is 2.45 bits per heavy atom. The predicted octanol–water partition coefficient (Wildman–Crippen LogP) is 4.70. The topological polar surface area (TPSA) is 68.3 Å². The molecule has 3 aromatic rings. The van der Waals surface area contributed by atoms with Crippen molar-refractivity contribution in [3.05, 3.63) is 87.9 Å². The number of carbonyl (C=O) groups is 2. The number of nitrogens with one attached hydrogen (secondary N) is 1. The number of aromatic nitrogens is 1. The molecule has 1 heterocycles. The van der Waals surface area contributed by atoms with E-state index in [9.17, 15) is 9.59 Å². The molecule has 2 aromatic carbocycles. The fourth-order valence-electron chi connectivity index (χ4n) is 2.89. The highest BCUT2D eigenvalue weighted by molar-refractivity contribution is 7.09. The first-order valence-electron chi connectivity index (χ1n) is 9.65. The van der Waals surface area contributed by atoms with Crippen molar-refractivity contribution >= 4 is 23.2 Å². The van der Waals surface area contributed by atoms with E-state index in [0.29, 0.717) is 5.56 Å². The molecule has 0 saturated carbocycles. The highest BCUT2D eigenvalue weighted by Crippen LogP contribution is 2.19. The Hall–Kier alpha value is -2.99. The highest BCUT2D eigenvalue weighted by Gasteiger charge is 2.20. The standard InChI is InChI=1S/C23H24N2O3S/c1-2-9-21-24-19(16-29-21)15-28-22(26)14-20(17-10-5-3-6-11-17)25-23(27)18-12-7-4-8-13-18/h3-8,10-13,16,20H,2,9,14-15H2,1H3,(H,25,27). The first-order valence-corrected chi connectivity index (χ1v) is 10.5. The van der Waals surface area contributed by atoms with E-state index < -0.39 is 6.04 Å². The van der Waals surface area contributed by atoms with Crippen LogP contribution in [-0.4, -0.2) is 16.9 Å². The zero-order valence-electron chi connectivity index (χ0n) is 16.3. The number of thiazole rings is 1. The first kappa shape index (κ1) is 20.7. The minimum absolute atomic E-state index is 0.0501. The second kappa shape index (κ2) is 10.5. The summed E-state index contributed by atoms with van der Waals surface area (Å²) in [5, 5.41) is 5.92. The van der Waals surface area contributed by atoms with Crippen molar-refractivity contribution in [3.63, 3.8) is 0 Å². The van der Waals surface area contributed by atoms with Gasteiger partial charge in [-0.25, -0.2) is 4.98 Å². The van der Waals surface area contributed by atoms with Gasteiger partial charge in [-0.1, -0.05) is 55.5 Å². The lowest BCUT2D eigenvalue weighted by Gasteiger charge is -2.18. The van der Waals surface area contributed by atoms with Gasteiger partial charge in [0, 0.05) is 10.9 Å². The monoisotopic (exact) mass is 408 g/mol. The average Bonchev–Trinajstić information content (AvgIpc) is 3.21. The number of aryl methyl sites for hydroxylation is 1. The van der Waals surface area contributed by atoms with E-state index in [1.54, 1.807) is 35.6 Å². The minimum Gasteiger partial charge on any atom is -0.459 e. The number of hydrogen-bond acceptors (Lipinski definition) is 5. The molecule has 0 radical (unpaired) electrons. The Balaban J connectivity index is 1.63. The maximum atomic E-state index is 12.6. The van der Waals surface area contributed by atoms with Gasteiger partial charge in [-0.2, -0.15) is 0 Å². The van der Waals surface area contributed by atoms with Gasteiger partial charge in [-0.05, 0) is 30.5 Å². The lowest BCUT2D eigenvalue weighted by Crippen LogP contribution is -2.30. The van der Waals surface area contributed by atoms with E-state index in [-0.39, 0.29) is 24.9 Å². The fourth-order valence-corrected chi connectivity index (χ4v) is 3.78. The van der Waals surface area contributed by atoms with Crippen LogP contribution in [0, 0.1) is 0 Å². The zero-order valence-corrected chi connectivity index (χ0v) is 17.2. The second-order valence-electron chi connectivity index (χ2n) is 6.65. The highest BCUT2D eigenvalue weighted by atomic mass is 32.1. The van der Waals surface area contributed by atoms with Gasteiger partial charge < -0.3 is 10.1 Å². The molecule has 1 amide bonds. The fraction of sp³-hybridized carbons (Fsp3) is 0.261. The molecule has 0 saturated heterocycles. The molecule has 0 fully saturated rings. The van der Waals surface area contributed by atoms with E-state index in [0.717, 1.165) is 29.1 Å². The van der Waals surface area contributed by atoms with Crippen LogP contribution >= 0.6 is 11.3 Å². The summed E-state index contributed by atoms with van der Waals surface area (Å²) in [6.45, 7) is 2.25. The lowest BCUT2D eigenvalue weighted by atomic mass is 10.0. The normalized spacial score (nSPS) is 11.6.